The fourth-order valence-electron chi connectivity index (χ4n) is 2.79. The number of rotatable bonds is 9. The highest BCUT2D eigenvalue weighted by molar-refractivity contribution is 5.94. The van der Waals surface area contributed by atoms with Crippen LogP contribution < -0.4 is 10.1 Å². The van der Waals surface area contributed by atoms with Gasteiger partial charge in [-0.3, -0.25) is 14.4 Å². The van der Waals surface area contributed by atoms with Gasteiger partial charge in [-0.25, -0.2) is 0 Å². The molecule has 1 heterocycles. The maximum absolute atomic E-state index is 12.0. The summed E-state index contributed by atoms with van der Waals surface area (Å²) in [6.45, 7) is 2.79. The van der Waals surface area contributed by atoms with Crippen molar-refractivity contribution in [2.75, 3.05) is 26.4 Å². The van der Waals surface area contributed by atoms with E-state index in [1.807, 2.05) is 0 Å². The van der Waals surface area contributed by atoms with Gasteiger partial charge < -0.3 is 19.9 Å². The molecule has 0 aromatic heterocycles. The van der Waals surface area contributed by atoms with Crippen LogP contribution in [0, 0.1) is 5.41 Å². The number of carbonyl (C=O) groups excluding carboxylic acids is 2. The fourth-order valence-corrected chi connectivity index (χ4v) is 2.79. The summed E-state index contributed by atoms with van der Waals surface area (Å²) in [5, 5.41) is 12.2. The lowest BCUT2D eigenvalue weighted by molar-refractivity contribution is -0.154. The summed E-state index contributed by atoms with van der Waals surface area (Å²) < 4.78 is 10.8. The molecule has 1 aromatic carbocycles. The lowest BCUT2D eigenvalue weighted by Gasteiger charge is -2.33. The average molecular weight is 363 g/mol. The Labute approximate surface area is 152 Å². The molecule has 7 nitrogen and oxygen atoms in total. The predicted octanol–water partition coefficient (Wildman–Crippen LogP) is 2.05. The molecule has 2 N–H and O–H groups in total. The van der Waals surface area contributed by atoms with Crippen molar-refractivity contribution in [2.45, 2.75) is 32.6 Å². The number of aliphatic carboxylic acids is 1. The molecule has 142 valence electrons. The monoisotopic (exact) mass is 363 g/mol. The Balaban J connectivity index is 1.68. The molecule has 1 saturated heterocycles. The maximum Gasteiger partial charge on any atom is 0.311 e. The summed E-state index contributed by atoms with van der Waals surface area (Å²) in [7, 11) is 0. The van der Waals surface area contributed by atoms with Gasteiger partial charge in [-0.2, -0.15) is 0 Å². The minimum Gasteiger partial charge on any atom is -0.494 e. The van der Waals surface area contributed by atoms with Crippen LogP contribution in [0.25, 0.3) is 0 Å². The number of Topliss-reactive ketones (excluding diaryl/α,β-unsaturated/α-hetero) is 1. The summed E-state index contributed by atoms with van der Waals surface area (Å²) >= 11 is 0. The molecular weight excluding hydrogens is 338 g/mol. The average Bonchev–Trinajstić information content (AvgIpc) is 2.64. The van der Waals surface area contributed by atoms with Crippen molar-refractivity contribution in [1.82, 2.24) is 5.32 Å². The van der Waals surface area contributed by atoms with Crippen molar-refractivity contribution in [2.24, 2.45) is 5.41 Å². The molecule has 1 amide bonds. The standard InChI is InChI=1S/C19H25NO6/c1-14(21)15-4-6-16(7-5-15)26-10-2-3-17(22)20-13-19(18(23)24)8-11-25-12-9-19/h4-7H,2-3,8-13H2,1H3,(H,20,22)(H,23,24). The van der Waals surface area contributed by atoms with E-state index in [4.69, 9.17) is 9.47 Å². The highest BCUT2D eigenvalue weighted by Gasteiger charge is 2.40. The Morgan fingerprint density at radius 3 is 2.42 bits per heavy atom. The van der Waals surface area contributed by atoms with Crippen molar-refractivity contribution in [3.8, 4) is 5.75 Å². The molecular formula is C19H25NO6. The minimum atomic E-state index is -0.928. The van der Waals surface area contributed by atoms with E-state index in [1.165, 1.54) is 6.92 Å². The van der Waals surface area contributed by atoms with Gasteiger partial charge in [0.25, 0.3) is 0 Å². The third kappa shape index (κ3) is 5.56. The number of carboxylic acid groups (broad SMARTS) is 1. The van der Waals surface area contributed by atoms with E-state index < -0.39 is 11.4 Å². The first kappa shape index (κ1) is 19.9. The van der Waals surface area contributed by atoms with Crippen LogP contribution in [0.5, 0.6) is 5.75 Å². The topological polar surface area (TPSA) is 102 Å². The smallest absolute Gasteiger partial charge is 0.311 e. The molecule has 1 fully saturated rings. The fraction of sp³-hybridized carbons (Fsp3) is 0.526. The van der Waals surface area contributed by atoms with E-state index in [2.05, 4.69) is 5.32 Å². The van der Waals surface area contributed by atoms with Gasteiger partial charge in [0.2, 0.25) is 5.91 Å². The van der Waals surface area contributed by atoms with Crippen LogP contribution >= 0.6 is 0 Å². The second kappa shape index (κ2) is 9.33. The van der Waals surface area contributed by atoms with Crippen LogP contribution in [0.1, 0.15) is 43.0 Å². The van der Waals surface area contributed by atoms with Crippen LogP contribution in [0.4, 0.5) is 0 Å². The third-order valence-electron chi connectivity index (χ3n) is 4.61. The van der Waals surface area contributed by atoms with Crippen molar-refractivity contribution in [3.05, 3.63) is 29.8 Å². The summed E-state index contributed by atoms with van der Waals surface area (Å²) in [6, 6.07) is 6.84. The van der Waals surface area contributed by atoms with E-state index in [0.29, 0.717) is 50.4 Å². The lowest BCUT2D eigenvalue weighted by atomic mass is 9.80. The Bertz CT molecular complexity index is 634. The van der Waals surface area contributed by atoms with Crippen molar-refractivity contribution in [1.29, 1.82) is 0 Å². The summed E-state index contributed by atoms with van der Waals surface area (Å²) in [5.74, 6) is -0.439. The Hall–Kier alpha value is -2.41. The molecule has 0 atom stereocenters. The quantitative estimate of drug-likeness (QED) is 0.514. The van der Waals surface area contributed by atoms with Gasteiger partial charge in [0, 0.05) is 31.7 Å². The molecule has 0 saturated carbocycles. The van der Waals surface area contributed by atoms with Crippen molar-refractivity contribution >= 4 is 17.7 Å². The number of nitrogens with one attached hydrogen (secondary N) is 1. The number of benzene rings is 1. The normalized spacial score (nSPS) is 15.9. The number of ketones is 1. The van der Waals surface area contributed by atoms with E-state index in [1.54, 1.807) is 24.3 Å². The van der Waals surface area contributed by atoms with Gasteiger partial charge in [0.1, 0.15) is 5.75 Å². The second-order valence-corrected chi connectivity index (χ2v) is 6.51. The summed E-state index contributed by atoms with van der Waals surface area (Å²) in [5.41, 5.74) is -0.305. The molecule has 0 bridgehead atoms. The largest absolute Gasteiger partial charge is 0.494 e. The summed E-state index contributed by atoms with van der Waals surface area (Å²) in [4.78, 5) is 34.7. The number of carbonyl (C=O) groups is 3. The number of ether oxygens (including phenoxy) is 2. The molecule has 1 aliphatic rings. The highest BCUT2D eigenvalue weighted by atomic mass is 16.5. The minimum absolute atomic E-state index is 0.00289. The Kier molecular flexibility index (Phi) is 7.15. The number of carboxylic acids is 1. The molecule has 2 rings (SSSR count). The van der Waals surface area contributed by atoms with Gasteiger partial charge >= 0.3 is 5.97 Å². The summed E-state index contributed by atoms with van der Waals surface area (Å²) in [6.07, 6.45) is 1.59. The number of hydrogen-bond donors (Lipinski definition) is 2. The van der Waals surface area contributed by atoms with E-state index in [0.717, 1.165) is 0 Å². The molecule has 7 heteroatoms. The first-order valence-electron chi connectivity index (χ1n) is 8.75. The second-order valence-electron chi connectivity index (χ2n) is 6.51. The SMILES string of the molecule is CC(=O)c1ccc(OCCCC(=O)NCC2(C(=O)O)CCOCC2)cc1. The Morgan fingerprint density at radius 1 is 1.19 bits per heavy atom. The predicted molar refractivity (Wildman–Crippen MR) is 94.3 cm³/mol. The molecule has 0 radical (unpaired) electrons. The molecule has 0 spiro atoms. The van der Waals surface area contributed by atoms with Gasteiger partial charge in [-0.05, 0) is 50.5 Å². The number of hydrogen-bond acceptors (Lipinski definition) is 5. The first-order chi connectivity index (χ1) is 12.4. The van der Waals surface area contributed by atoms with Crippen molar-refractivity contribution in [3.63, 3.8) is 0 Å². The maximum atomic E-state index is 12.0. The third-order valence-corrected chi connectivity index (χ3v) is 4.61. The van der Waals surface area contributed by atoms with Gasteiger partial charge in [-0.1, -0.05) is 0 Å². The van der Waals surface area contributed by atoms with E-state index in [9.17, 15) is 19.5 Å². The van der Waals surface area contributed by atoms with Gasteiger partial charge in [-0.15, -0.1) is 0 Å². The van der Waals surface area contributed by atoms with Gasteiger partial charge in [0.05, 0.1) is 12.0 Å². The number of amides is 1. The highest BCUT2D eigenvalue weighted by Crippen LogP contribution is 2.30. The molecule has 1 aromatic rings. The molecule has 1 aliphatic heterocycles. The van der Waals surface area contributed by atoms with E-state index in [-0.39, 0.29) is 24.7 Å². The zero-order chi connectivity index (χ0) is 19.0. The van der Waals surface area contributed by atoms with Crippen LogP contribution in [0.2, 0.25) is 0 Å². The molecule has 26 heavy (non-hydrogen) atoms. The van der Waals surface area contributed by atoms with Gasteiger partial charge in [0.15, 0.2) is 5.78 Å². The first-order valence-corrected chi connectivity index (χ1v) is 8.75. The van der Waals surface area contributed by atoms with Crippen LogP contribution in [0.15, 0.2) is 24.3 Å². The van der Waals surface area contributed by atoms with Crippen LogP contribution in [0.3, 0.4) is 0 Å². The van der Waals surface area contributed by atoms with Crippen molar-refractivity contribution < 1.29 is 29.0 Å². The zero-order valence-electron chi connectivity index (χ0n) is 15.0. The Morgan fingerprint density at radius 2 is 1.85 bits per heavy atom. The zero-order valence-corrected chi connectivity index (χ0v) is 15.0. The van der Waals surface area contributed by atoms with Crippen LogP contribution in [-0.4, -0.2) is 49.1 Å². The molecule has 0 aliphatic carbocycles. The lowest BCUT2D eigenvalue weighted by Crippen LogP contribution is -2.46. The van der Waals surface area contributed by atoms with Crippen LogP contribution in [-0.2, 0) is 14.3 Å². The van der Waals surface area contributed by atoms with E-state index >= 15 is 0 Å². The molecule has 0 unspecified atom stereocenters.